The number of hydrogen-bond donors (Lipinski definition) is 1. The molecule has 0 aromatic heterocycles. The van der Waals surface area contributed by atoms with Crippen LogP contribution in [0.5, 0.6) is 0 Å². The van der Waals surface area contributed by atoms with E-state index in [1.165, 1.54) is 37.8 Å². The lowest BCUT2D eigenvalue weighted by Gasteiger charge is -2.33. The average Bonchev–Trinajstić information content (AvgIpc) is 2.83. The van der Waals surface area contributed by atoms with Gasteiger partial charge in [-0.1, -0.05) is 25.3 Å². The lowest BCUT2D eigenvalue weighted by Crippen LogP contribution is -2.35. The quantitative estimate of drug-likeness (QED) is 0.870. The summed E-state index contributed by atoms with van der Waals surface area (Å²) in [5.41, 5.74) is 2.70. The first kappa shape index (κ1) is 11.6. The second kappa shape index (κ2) is 4.63. The third-order valence-electron chi connectivity index (χ3n) is 4.31. The summed E-state index contributed by atoms with van der Waals surface area (Å²) in [5, 5.41) is 9.23. The number of benzene rings is 1. The predicted molar refractivity (Wildman–Crippen MR) is 71.3 cm³/mol. The molecular formula is C15H19NO2. The first-order chi connectivity index (χ1) is 8.77. The number of hydrogen-bond acceptors (Lipinski definition) is 2. The molecule has 0 radical (unpaired) electrons. The molecule has 1 aromatic carbocycles. The van der Waals surface area contributed by atoms with Gasteiger partial charge in [0.1, 0.15) is 0 Å². The molecule has 1 saturated carbocycles. The molecule has 18 heavy (non-hydrogen) atoms. The molecule has 1 fully saturated rings. The van der Waals surface area contributed by atoms with Gasteiger partial charge in [0.05, 0.1) is 5.56 Å². The zero-order valence-corrected chi connectivity index (χ0v) is 10.6. The van der Waals surface area contributed by atoms with Crippen LogP contribution >= 0.6 is 0 Å². The Bertz CT molecular complexity index is 464. The molecule has 1 aliphatic heterocycles. The van der Waals surface area contributed by atoms with Crippen molar-refractivity contribution in [2.24, 2.45) is 0 Å². The molecule has 0 atom stereocenters. The van der Waals surface area contributed by atoms with Gasteiger partial charge in [0, 0.05) is 18.3 Å². The Hall–Kier alpha value is -1.51. The zero-order valence-electron chi connectivity index (χ0n) is 10.6. The molecule has 1 aromatic rings. The molecular weight excluding hydrogens is 226 g/mol. The van der Waals surface area contributed by atoms with E-state index in [1.807, 2.05) is 6.07 Å². The van der Waals surface area contributed by atoms with Gasteiger partial charge < -0.3 is 10.0 Å². The van der Waals surface area contributed by atoms with Crippen molar-refractivity contribution in [1.29, 1.82) is 0 Å². The number of carboxylic acids is 1. The van der Waals surface area contributed by atoms with Crippen LogP contribution in [-0.2, 0) is 6.42 Å². The van der Waals surface area contributed by atoms with Gasteiger partial charge in [-0.3, -0.25) is 0 Å². The Morgan fingerprint density at radius 3 is 2.72 bits per heavy atom. The van der Waals surface area contributed by atoms with E-state index >= 15 is 0 Å². The summed E-state index contributed by atoms with van der Waals surface area (Å²) in [6.45, 7) is 0.990. The van der Waals surface area contributed by atoms with E-state index in [4.69, 9.17) is 0 Å². The van der Waals surface area contributed by atoms with Crippen LogP contribution < -0.4 is 4.90 Å². The summed E-state index contributed by atoms with van der Waals surface area (Å²) in [6, 6.07) is 6.32. The molecule has 0 saturated heterocycles. The molecule has 0 amide bonds. The molecule has 0 unspecified atom stereocenters. The largest absolute Gasteiger partial charge is 0.478 e. The smallest absolute Gasteiger partial charge is 0.336 e. The van der Waals surface area contributed by atoms with Gasteiger partial charge in [-0.15, -0.1) is 0 Å². The molecule has 2 aliphatic rings. The van der Waals surface area contributed by atoms with E-state index in [-0.39, 0.29) is 0 Å². The molecule has 0 spiro atoms. The number of carboxylic acid groups (broad SMARTS) is 1. The van der Waals surface area contributed by atoms with Gasteiger partial charge in [0.15, 0.2) is 0 Å². The maximum Gasteiger partial charge on any atom is 0.336 e. The van der Waals surface area contributed by atoms with Gasteiger partial charge >= 0.3 is 5.97 Å². The van der Waals surface area contributed by atoms with Gasteiger partial charge in [0.2, 0.25) is 0 Å². The normalized spacial score (nSPS) is 19.9. The highest BCUT2D eigenvalue weighted by Crippen LogP contribution is 2.35. The fraction of sp³-hybridized carbons (Fsp3) is 0.533. The average molecular weight is 245 g/mol. The number of carbonyl (C=O) groups is 1. The molecule has 1 heterocycles. The van der Waals surface area contributed by atoms with Crippen LogP contribution in [-0.4, -0.2) is 23.7 Å². The lowest BCUT2D eigenvalue weighted by molar-refractivity contribution is 0.0696. The second-order valence-corrected chi connectivity index (χ2v) is 5.34. The third-order valence-corrected chi connectivity index (χ3v) is 4.31. The van der Waals surface area contributed by atoms with Gasteiger partial charge in [0.25, 0.3) is 0 Å². The topological polar surface area (TPSA) is 40.5 Å². The fourth-order valence-corrected chi connectivity index (χ4v) is 3.43. The number of rotatable bonds is 2. The Labute approximate surface area is 107 Å². The zero-order chi connectivity index (χ0) is 12.5. The van der Waals surface area contributed by atoms with Gasteiger partial charge in [-0.05, 0) is 37.0 Å². The summed E-state index contributed by atoms with van der Waals surface area (Å²) < 4.78 is 0. The maximum absolute atomic E-state index is 11.2. The summed E-state index contributed by atoms with van der Waals surface area (Å²) in [5.74, 6) is -0.794. The molecule has 1 aliphatic carbocycles. The monoisotopic (exact) mass is 245 g/mol. The highest BCUT2D eigenvalue weighted by atomic mass is 16.4. The lowest BCUT2D eigenvalue weighted by atomic mass is 9.94. The Kier molecular flexibility index (Phi) is 2.98. The highest BCUT2D eigenvalue weighted by Gasteiger charge is 2.29. The highest BCUT2D eigenvalue weighted by molar-refractivity contribution is 5.92. The first-order valence-electron chi connectivity index (χ1n) is 6.89. The standard InChI is InChI=1S/C15H19NO2/c17-15(18)13-7-4-8-14-12(13)9-10-16(14)11-5-2-1-3-6-11/h4,7-8,11H,1-3,5-6,9-10H2,(H,17,18). The van der Waals surface area contributed by atoms with E-state index in [0.717, 1.165) is 18.5 Å². The van der Waals surface area contributed by atoms with Crippen LogP contribution in [0.1, 0.15) is 48.0 Å². The van der Waals surface area contributed by atoms with Gasteiger partial charge in [-0.25, -0.2) is 4.79 Å². The molecule has 3 rings (SSSR count). The molecule has 96 valence electrons. The summed E-state index contributed by atoms with van der Waals surface area (Å²) >= 11 is 0. The number of nitrogens with zero attached hydrogens (tertiary/aromatic N) is 1. The Morgan fingerprint density at radius 1 is 1.22 bits per heavy atom. The Morgan fingerprint density at radius 2 is 2.00 bits per heavy atom. The third kappa shape index (κ3) is 1.88. The van der Waals surface area contributed by atoms with Crippen LogP contribution in [0.3, 0.4) is 0 Å². The van der Waals surface area contributed by atoms with E-state index < -0.39 is 5.97 Å². The van der Waals surface area contributed by atoms with E-state index in [0.29, 0.717) is 11.6 Å². The fourth-order valence-electron chi connectivity index (χ4n) is 3.43. The predicted octanol–water partition coefficient (Wildman–Crippen LogP) is 3.08. The SMILES string of the molecule is O=C(O)c1cccc2c1CCN2C1CCCCC1. The van der Waals surface area contributed by atoms with Crippen molar-refractivity contribution in [3.05, 3.63) is 29.3 Å². The molecule has 1 N–H and O–H groups in total. The molecule has 3 nitrogen and oxygen atoms in total. The van der Waals surface area contributed by atoms with E-state index in [2.05, 4.69) is 11.0 Å². The van der Waals surface area contributed by atoms with E-state index in [9.17, 15) is 9.90 Å². The minimum Gasteiger partial charge on any atom is -0.478 e. The molecule has 3 heteroatoms. The number of anilines is 1. The molecule has 0 bridgehead atoms. The van der Waals surface area contributed by atoms with Crippen molar-refractivity contribution in [2.45, 2.75) is 44.6 Å². The van der Waals surface area contributed by atoms with Crippen LogP contribution in [0.2, 0.25) is 0 Å². The van der Waals surface area contributed by atoms with Crippen LogP contribution in [0, 0.1) is 0 Å². The van der Waals surface area contributed by atoms with Crippen molar-refractivity contribution < 1.29 is 9.90 Å². The van der Waals surface area contributed by atoms with Crippen molar-refractivity contribution in [1.82, 2.24) is 0 Å². The van der Waals surface area contributed by atoms with Crippen LogP contribution in [0.15, 0.2) is 18.2 Å². The van der Waals surface area contributed by atoms with Crippen molar-refractivity contribution in [3.8, 4) is 0 Å². The second-order valence-electron chi connectivity index (χ2n) is 5.34. The number of fused-ring (bicyclic) bond motifs is 1. The summed E-state index contributed by atoms with van der Waals surface area (Å²) in [6.07, 6.45) is 7.39. The van der Waals surface area contributed by atoms with E-state index in [1.54, 1.807) is 6.07 Å². The first-order valence-corrected chi connectivity index (χ1v) is 6.89. The van der Waals surface area contributed by atoms with Crippen LogP contribution in [0.25, 0.3) is 0 Å². The summed E-state index contributed by atoms with van der Waals surface area (Å²) in [4.78, 5) is 13.7. The van der Waals surface area contributed by atoms with Crippen molar-refractivity contribution >= 4 is 11.7 Å². The summed E-state index contributed by atoms with van der Waals surface area (Å²) in [7, 11) is 0. The van der Waals surface area contributed by atoms with Gasteiger partial charge in [-0.2, -0.15) is 0 Å². The minimum atomic E-state index is -0.794. The van der Waals surface area contributed by atoms with Crippen LogP contribution in [0.4, 0.5) is 5.69 Å². The number of aromatic carboxylic acids is 1. The van der Waals surface area contributed by atoms with Crippen molar-refractivity contribution in [2.75, 3.05) is 11.4 Å². The Balaban J connectivity index is 1.91. The van der Waals surface area contributed by atoms with Crippen molar-refractivity contribution in [3.63, 3.8) is 0 Å². The maximum atomic E-state index is 11.2. The minimum absolute atomic E-state index is 0.491.